The van der Waals surface area contributed by atoms with Gasteiger partial charge in [0.05, 0.1) is 26.4 Å². The molecule has 0 radical (unpaired) electrons. The first-order chi connectivity index (χ1) is 49.6. The Morgan fingerprint density at radius 2 is 0.466 bits per heavy atom. The Bertz CT molecular complexity index is 2010. The molecule has 612 valence electrons. The number of carbonyl (C=O) groups excluding carboxylic acids is 4. The van der Waals surface area contributed by atoms with E-state index in [4.69, 9.17) is 37.0 Å². The highest BCUT2D eigenvalue weighted by Crippen LogP contribution is 2.45. The van der Waals surface area contributed by atoms with E-state index in [2.05, 4.69) is 55.4 Å². The zero-order chi connectivity index (χ0) is 76.0. The average molecular weight is 1510 g/mol. The number of aliphatic hydroxyl groups is 1. The summed E-state index contributed by atoms with van der Waals surface area (Å²) in [7, 11) is -9.93. The lowest BCUT2D eigenvalue weighted by molar-refractivity contribution is -0.161. The van der Waals surface area contributed by atoms with Crippen molar-refractivity contribution < 1.29 is 80.2 Å². The van der Waals surface area contributed by atoms with Crippen LogP contribution >= 0.6 is 15.6 Å². The lowest BCUT2D eigenvalue weighted by Crippen LogP contribution is -2.30. The summed E-state index contributed by atoms with van der Waals surface area (Å²) in [5.74, 6) is 1.03. The Labute approximate surface area is 632 Å². The van der Waals surface area contributed by atoms with Crippen molar-refractivity contribution in [2.24, 2.45) is 23.7 Å². The topological polar surface area (TPSA) is 237 Å². The van der Waals surface area contributed by atoms with Gasteiger partial charge in [0.25, 0.3) is 0 Å². The van der Waals surface area contributed by atoms with Crippen LogP contribution < -0.4 is 0 Å². The second-order valence-corrected chi connectivity index (χ2v) is 34.8. The summed E-state index contributed by atoms with van der Waals surface area (Å²) < 4.78 is 68.8. The van der Waals surface area contributed by atoms with Crippen LogP contribution in [-0.4, -0.2) is 96.7 Å². The highest BCUT2D eigenvalue weighted by atomic mass is 31.2. The summed E-state index contributed by atoms with van der Waals surface area (Å²) in [6.07, 6.45) is 61.1. The van der Waals surface area contributed by atoms with Gasteiger partial charge in [-0.15, -0.1) is 0 Å². The van der Waals surface area contributed by atoms with E-state index in [0.717, 1.165) is 114 Å². The van der Waals surface area contributed by atoms with Crippen LogP contribution in [0.25, 0.3) is 0 Å². The summed E-state index contributed by atoms with van der Waals surface area (Å²) in [5.41, 5.74) is 0. The van der Waals surface area contributed by atoms with Gasteiger partial charge in [0, 0.05) is 25.7 Å². The van der Waals surface area contributed by atoms with Gasteiger partial charge in [-0.25, -0.2) is 9.13 Å². The minimum atomic E-state index is -4.96. The van der Waals surface area contributed by atoms with Gasteiger partial charge in [-0.3, -0.25) is 37.3 Å². The Hall–Kier alpha value is -1.94. The van der Waals surface area contributed by atoms with Gasteiger partial charge in [0.1, 0.15) is 19.3 Å². The molecule has 6 atom stereocenters. The number of rotatable bonds is 81. The zero-order valence-electron chi connectivity index (χ0n) is 68.0. The molecule has 0 fully saturated rings. The number of hydrogen-bond acceptors (Lipinski definition) is 15. The molecule has 0 amide bonds. The van der Waals surface area contributed by atoms with Crippen LogP contribution in [0, 0.1) is 23.7 Å². The van der Waals surface area contributed by atoms with Gasteiger partial charge in [-0.1, -0.05) is 383 Å². The van der Waals surface area contributed by atoms with Gasteiger partial charge in [0.15, 0.2) is 12.2 Å². The Balaban J connectivity index is 5.20. The summed E-state index contributed by atoms with van der Waals surface area (Å²) in [5, 5.41) is 10.7. The zero-order valence-corrected chi connectivity index (χ0v) is 69.7. The van der Waals surface area contributed by atoms with Gasteiger partial charge in [-0.05, 0) is 49.4 Å². The normalized spacial score (nSPS) is 14.2. The summed E-state index contributed by atoms with van der Waals surface area (Å²) in [4.78, 5) is 73.1. The number of unbranched alkanes of at least 4 members (excludes halogenated alkanes) is 46. The van der Waals surface area contributed by atoms with Gasteiger partial charge >= 0.3 is 39.5 Å². The van der Waals surface area contributed by atoms with Gasteiger partial charge < -0.3 is 33.8 Å². The fraction of sp³-hybridized carbons (Fsp3) is 0.952. The van der Waals surface area contributed by atoms with E-state index in [1.165, 1.54) is 231 Å². The maximum atomic E-state index is 13.1. The molecular formula is C84H164O17P2. The molecule has 0 aromatic rings. The standard InChI is InChI=1S/C84H164O17P2/c1-9-77(8)63-55-47-39-31-25-18-14-12-10-11-13-15-19-27-33-41-50-58-66-84(89)101-80(71-95-82(87)65-57-49-43-35-38-46-54-62-76(6)7)73-99-103(92,93)97-69-78(85)68-96-102(90,91)98-72-79(70-94-81(86)64-56-48-40-32-26-22-21-24-30-37-45-53-61-75(4)5)100-83(88)67-59-51-42-34-28-20-16-17-23-29-36-44-52-60-74(2)3/h74-80,85H,9-73H2,1-8H3,(H,90,91)(H,92,93)/t77?,78?,79-,80-/m1/s1. The fourth-order valence-electron chi connectivity index (χ4n) is 12.9. The summed E-state index contributed by atoms with van der Waals surface area (Å²) >= 11 is 0. The predicted molar refractivity (Wildman–Crippen MR) is 423 cm³/mol. The third-order valence-corrected chi connectivity index (χ3v) is 21.8. The number of phosphoric acid groups is 2. The van der Waals surface area contributed by atoms with E-state index in [9.17, 15) is 43.2 Å². The number of esters is 4. The first-order valence-electron chi connectivity index (χ1n) is 43.2. The van der Waals surface area contributed by atoms with Crippen molar-refractivity contribution in [2.75, 3.05) is 39.6 Å². The van der Waals surface area contributed by atoms with Gasteiger partial charge in [-0.2, -0.15) is 0 Å². The van der Waals surface area contributed by atoms with E-state index in [-0.39, 0.29) is 25.7 Å². The van der Waals surface area contributed by atoms with Crippen molar-refractivity contribution >= 4 is 39.5 Å². The highest BCUT2D eigenvalue weighted by Gasteiger charge is 2.30. The van der Waals surface area contributed by atoms with E-state index in [1.54, 1.807) is 0 Å². The SMILES string of the molecule is CCC(C)CCCCCCCCCCCCCCCCCCCCC(=O)O[C@H](COC(=O)CCCCCCCCCC(C)C)COP(=O)(O)OCC(O)COP(=O)(O)OC[C@@H](COC(=O)CCCCCCCCCCCCCCC(C)C)OC(=O)CCCCCCCCCCCCCCCC(C)C. The summed E-state index contributed by atoms with van der Waals surface area (Å²) in [6.45, 7) is 14.3. The minimum Gasteiger partial charge on any atom is -0.462 e. The molecule has 0 saturated carbocycles. The van der Waals surface area contributed by atoms with Crippen molar-refractivity contribution in [1.29, 1.82) is 0 Å². The summed E-state index contributed by atoms with van der Waals surface area (Å²) in [6, 6.07) is 0. The molecule has 19 heteroatoms. The molecule has 0 spiro atoms. The smallest absolute Gasteiger partial charge is 0.462 e. The van der Waals surface area contributed by atoms with Crippen LogP contribution in [0.4, 0.5) is 0 Å². The Kier molecular flexibility index (Phi) is 71.5. The Morgan fingerprint density at radius 1 is 0.272 bits per heavy atom. The molecule has 3 N–H and O–H groups in total. The molecule has 0 saturated heterocycles. The molecule has 17 nitrogen and oxygen atoms in total. The number of aliphatic hydroxyl groups excluding tert-OH is 1. The maximum Gasteiger partial charge on any atom is 0.472 e. The number of ether oxygens (including phenoxy) is 4. The third kappa shape index (κ3) is 76.6. The molecule has 0 aliphatic heterocycles. The average Bonchev–Trinajstić information content (AvgIpc) is 0.909. The molecule has 0 bridgehead atoms. The number of phosphoric ester groups is 2. The highest BCUT2D eigenvalue weighted by molar-refractivity contribution is 7.47. The van der Waals surface area contributed by atoms with Crippen LogP contribution in [0.2, 0.25) is 0 Å². The fourth-order valence-corrected chi connectivity index (χ4v) is 14.5. The van der Waals surface area contributed by atoms with E-state index in [1.807, 2.05) is 0 Å². The quantitative estimate of drug-likeness (QED) is 0.0222. The van der Waals surface area contributed by atoms with Crippen LogP contribution in [-0.2, 0) is 65.4 Å². The second-order valence-electron chi connectivity index (χ2n) is 31.9. The van der Waals surface area contributed by atoms with Crippen LogP contribution in [0.1, 0.15) is 434 Å². The third-order valence-electron chi connectivity index (χ3n) is 19.9. The predicted octanol–water partition coefficient (Wildman–Crippen LogP) is 25.2. The molecule has 0 aliphatic rings. The molecule has 0 aromatic carbocycles. The molecular weight excluding hydrogens is 1340 g/mol. The Morgan fingerprint density at radius 3 is 0.689 bits per heavy atom. The number of carbonyl (C=O) groups is 4. The molecule has 4 unspecified atom stereocenters. The van der Waals surface area contributed by atoms with Crippen LogP contribution in [0.15, 0.2) is 0 Å². The largest absolute Gasteiger partial charge is 0.472 e. The van der Waals surface area contributed by atoms with E-state index >= 15 is 0 Å². The van der Waals surface area contributed by atoms with Crippen molar-refractivity contribution in [3.05, 3.63) is 0 Å². The molecule has 0 rings (SSSR count). The monoisotopic (exact) mass is 1510 g/mol. The van der Waals surface area contributed by atoms with Crippen molar-refractivity contribution in [1.82, 2.24) is 0 Å². The molecule has 0 heterocycles. The van der Waals surface area contributed by atoms with Gasteiger partial charge in [0.2, 0.25) is 0 Å². The van der Waals surface area contributed by atoms with Crippen LogP contribution in [0.3, 0.4) is 0 Å². The van der Waals surface area contributed by atoms with Crippen molar-refractivity contribution in [3.63, 3.8) is 0 Å². The maximum absolute atomic E-state index is 13.1. The van der Waals surface area contributed by atoms with E-state index < -0.39 is 97.5 Å². The second kappa shape index (κ2) is 72.9. The van der Waals surface area contributed by atoms with Crippen molar-refractivity contribution in [2.45, 2.75) is 453 Å². The lowest BCUT2D eigenvalue weighted by atomic mass is 9.99. The molecule has 103 heavy (non-hydrogen) atoms. The molecule has 0 aromatic heterocycles. The lowest BCUT2D eigenvalue weighted by Gasteiger charge is -2.21. The number of hydrogen-bond donors (Lipinski definition) is 3. The minimum absolute atomic E-state index is 0.107. The van der Waals surface area contributed by atoms with E-state index in [0.29, 0.717) is 31.6 Å². The van der Waals surface area contributed by atoms with Crippen molar-refractivity contribution in [3.8, 4) is 0 Å². The molecule has 0 aliphatic carbocycles. The van der Waals surface area contributed by atoms with Crippen LogP contribution in [0.5, 0.6) is 0 Å². The first-order valence-corrected chi connectivity index (χ1v) is 46.2. The first kappa shape index (κ1) is 101.